The maximum atomic E-state index is 12.3. The van der Waals surface area contributed by atoms with Crippen molar-refractivity contribution in [2.24, 2.45) is 0 Å². The molecule has 0 saturated carbocycles. The number of alkyl halides is 1. The molecule has 0 radical (unpaired) electrons. The second kappa shape index (κ2) is 7.12. The van der Waals surface area contributed by atoms with Crippen molar-refractivity contribution >= 4 is 11.6 Å². The first-order valence-corrected chi connectivity index (χ1v) is 7.42. The lowest BCUT2D eigenvalue weighted by Crippen LogP contribution is -2.09. The number of hydrogen-bond acceptors (Lipinski definition) is 5. The third-order valence-corrected chi connectivity index (χ3v) is 3.52. The van der Waals surface area contributed by atoms with E-state index in [0.717, 1.165) is 0 Å². The average Bonchev–Trinajstić information content (AvgIpc) is 3.07. The maximum Gasteiger partial charge on any atom is 0.231 e. The molecule has 0 aliphatic carbocycles. The number of hydrogen-bond donors (Lipinski definition) is 0. The minimum Gasteiger partial charge on any atom is -0.491 e. The van der Waals surface area contributed by atoms with Gasteiger partial charge < -0.3 is 14.2 Å². The predicted molar refractivity (Wildman–Crippen MR) is 83.8 cm³/mol. The molecule has 0 atom stereocenters. The lowest BCUT2D eigenvalue weighted by molar-refractivity contribution is 0.0893. The minimum atomic E-state index is -0.610. The Morgan fingerprint density at radius 3 is 2.54 bits per heavy atom. The molecule has 1 heterocycles. The van der Waals surface area contributed by atoms with Crippen LogP contribution in [0.4, 0.5) is 4.39 Å². The third-order valence-electron chi connectivity index (χ3n) is 3.52. The van der Waals surface area contributed by atoms with Gasteiger partial charge in [0.1, 0.15) is 19.0 Å². The van der Waals surface area contributed by atoms with E-state index in [1.165, 1.54) is 6.07 Å². The Morgan fingerprint density at radius 2 is 1.75 bits per heavy atom. The standard InChI is InChI=1S/C18H15FO5/c19-6-7-22-14-3-1-2-12(8-14)15(20)10-16(21)13-4-5-17-18(9-13)24-11-23-17/h1-5,8-9H,6-7,10-11H2. The Morgan fingerprint density at radius 1 is 1.00 bits per heavy atom. The highest BCUT2D eigenvalue weighted by Gasteiger charge is 2.19. The monoisotopic (exact) mass is 330 g/mol. The maximum absolute atomic E-state index is 12.3. The molecule has 0 saturated heterocycles. The van der Waals surface area contributed by atoms with E-state index in [-0.39, 0.29) is 31.4 Å². The van der Waals surface area contributed by atoms with Gasteiger partial charge in [-0.15, -0.1) is 0 Å². The Bertz CT molecular complexity index is 772. The molecule has 1 aliphatic heterocycles. The molecule has 124 valence electrons. The van der Waals surface area contributed by atoms with Crippen LogP contribution in [-0.4, -0.2) is 31.6 Å². The van der Waals surface area contributed by atoms with E-state index in [0.29, 0.717) is 28.4 Å². The number of ether oxygens (including phenoxy) is 3. The van der Waals surface area contributed by atoms with E-state index in [2.05, 4.69) is 0 Å². The fourth-order valence-corrected chi connectivity index (χ4v) is 2.34. The van der Waals surface area contributed by atoms with Crippen molar-refractivity contribution in [2.45, 2.75) is 6.42 Å². The van der Waals surface area contributed by atoms with Crippen LogP contribution in [0.25, 0.3) is 0 Å². The fraction of sp³-hybridized carbons (Fsp3) is 0.222. The molecule has 0 fully saturated rings. The van der Waals surface area contributed by atoms with Gasteiger partial charge in [0.15, 0.2) is 23.1 Å². The first-order chi connectivity index (χ1) is 11.7. The lowest BCUT2D eigenvalue weighted by atomic mass is 10.0. The van der Waals surface area contributed by atoms with Crippen LogP contribution in [0, 0.1) is 0 Å². The molecule has 2 aromatic carbocycles. The summed E-state index contributed by atoms with van der Waals surface area (Å²) < 4.78 is 27.7. The van der Waals surface area contributed by atoms with Crippen LogP contribution in [0.15, 0.2) is 42.5 Å². The third kappa shape index (κ3) is 3.53. The molecule has 1 aliphatic rings. The summed E-state index contributed by atoms with van der Waals surface area (Å²) in [5.74, 6) is 0.830. The SMILES string of the molecule is O=C(CC(=O)c1ccc2c(c1)OCO2)c1cccc(OCCF)c1. The van der Waals surface area contributed by atoms with Crippen molar-refractivity contribution in [2.75, 3.05) is 20.1 Å². The van der Waals surface area contributed by atoms with Crippen LogP contribution in [0.2, 0.25) is 0 Å². The molecular weight excluding hydrogens is 315 g/mol. The number of Topliss-reactive ketones (excluding diaryl/α,β-unsaturated/α-hetero) is 2. The molecule has 5 nitrogen and oxygen atoms in total. The normalized spacial score (nSPS) is 12.0. The minimum absolute atomic E-state index is 0.0756. The quantitative estimate of drug-likeness (QED) is 0.576. The van der Waals surface area contributed by atoms with E-state index in [4.69, 9.17) is 14.2 Å². The van der Waals surface area contributed by atoms with Gasteiger partial charge in [-0.2, -0.15) is 0 Å². The van der Waals surface area contributed by atoms with Gasteiger partial charge in [-0.1, -0.05) is 12.1 Å². The highest BCUT2D eigenvalue weighted by molar-refractivity contribution is 6.13. The van der Waals surface area contributed by atoms with Crippen molar-refractivity contribution in [3.8, 4) is 17.2 Å². The summed E-state index contributed by atoms with van der Waals surface area (Å²) >= 11 is 0. The van der Waals surface area contributed by atoms with Crippen LogP contribution in [0.5, 0.6) is 17.2 Å². The lowest BCUT2D eigenvalue weighted by Gasteiger charge is -2.06. The number of rotatable bonds is 7. The smallest absolute Gasteiger partial charge is 0.231 e. The summed E-state index contributed by atoms with van der Waals surface area (Å²) in [6, 6.07) is 11.2. The molecule has 0 spiro atoms. The van der Waals surface area contributed by atoms with E-state index in [1.807, 2.05) is 0 Å². The summed E-state index contributed by atoms with van der Waals surface area (Å²) in [6.07, 6.45) is -0.272. The Hall–Kier alpha value is -2.89. The molecule has 2 aromatic rings. The zero-order chi connectivity index (χ0) is 16.9. The summed E-state index contributed by atoms with van der Waals surface area (Å²) in [4.78, 5) is 24.6. The zero-order valence-corrected chi connectivity index (χ0v) is 12.8. The van der Waals surface area contributed by atoms with Gasteiger partial charge in [0.05, 0.1) is 6.42 Å². The fourth-order valence-electron chi connectivity index (χ4n) is 2.34. The molecule has 24 heavy (non-hydrogen) atoms. The summed E-state index contributed by atoms with van der Waals surface area (Å²) in [7, 11) is 0. The number of benzene rings is 2. The molecule has 6 heteroatoms. The first kappa shape index (κ1) is 16.0. The van der Waals surface area contributed by atoms with Crippen LogP contribution >= 0.6 is 0 Å². The van der Waals surface area contributed by atoms with E-state index >= 15 is 0 Å². The average molecular weight is 330 g/mol. The molecule has 0 bridgehead atoms. The topological polar surface area (TPSA) is 61.8 Å². The van der Waals surface area contributed by atoms with Gasteiger partial charge in [-0.3, -0.25) is 9.59 Å². The van der Waals surface area contributed by atoms with Crippen LogP contribution in [0.3, 0.4) is 0 Å². The Balaban J connectivity index is 1.69. The van der Waals surface area contributed by atoms with Crippen molar-refractivity contribution in [3.63, 3.8) is 0 Å². The molecule has 0 amide bonds. The zero-order valence-electron chi connectivity index (χ0n) is 12.8. The van der Waals surface area contributed by atoms with Gasteiger partial charge in [0, 0.05) is 11.1 Å². The molecule has 0 N–H and O–H groups in total. The highest BCUT2D eigenvalue weighted by atomic mass is 19.1. The highest BCUT2D eigenvalue weighted by Crippen LogP contribution is 2.32. The van der Waals surface area contributed by atoms with Gasteiger partial charge >= 0.3 is 0 Å². The van der Waals surface area contributed by atoms with Crippen molar-refractivity contribution in [1.29, 1.82) is 0 Å². The Kier molecular flexibility index (Phi) is 4.74. The summed E-state index contributed by atoms with van der Waals surface area (Å²) in [6.45, 7) is -0.563. The van der Waals surface area contributed by atoms with Crippen LogP contribution in [-0.2, 0) is 0 Å². The van der Waals surface area contributed by atoms with E-state index in [9.17, 15) is 14.0 Å². The Labute approximate surface area is 138 Å². The van der Waals surface area contributed by atoms with Crippen molar-refractivity contribution in [3.05, 3.63) is 53.6 Å². The van der Waals surface area contributed by atoms with Crippen molar-refractivity contribution in [1.82, 2.24) is 0 Å². The summed E-state index contributed by atoms with van der Waals surface area (Å²) in [5.41, 5.74) is 0.734. The number of fused-ring (bicyclic) bond motifs is 1. The van der Waals surface area contributed by atoms with Gasteiger partial charge in [-0.05, 0) is 30.3 Å². The summed E-state index contributed by atoms with van der Waals surface area (Å²) in [5, 5.41) is 0. The van der Waals surface area contributed by atoms with Crippen molar-refractivity contribution < 1.29 is 28.2 Å². The number of carbonyl (C=O) groups is 2. The molecule has 0 aromatic heterocycles. The largest absolute Gasteiger partial charge is 0.491 e. The van der Waals surface area contributed by atoms with E-state index in [1.54, 1.807) is 36.4 Å². The predicted octanol–water partition coefficient (Wildman–Crippen LogP) is 3.22. The number of ketones is 2. The van der Waals surface area contributed by atoms with Crippen LogP contribution in [0.1, 0.15) is 27.1 Å². The number of carbonyl (C=O) groups excluding carboxylic acids is 2. The molecular formula is C18H15FO5. The second-order valence-electron chi connectivity index (χ2n) is 5.16. The number of halogens is 1. The first-order valence-electron chi connectivity index (χ1n) is 7.42. The second-order valence-corrected chi connectivity index (χ2v) is 5.16. The van der Waals surface area contributed by atoms with Gasteiger partial charge in [0.25, 0.3) is 0 Å². The van der Waals surface area contributed by atoms with Gasteiger partial charge in [-0.25, -0.2) is 4.39 Å². The van der Waals surface area contributed by atoms with E-state index < -0.39 is 6.67 Å². The van der Waals surface area contributed by atoms with Crippen LogP contribution < -0.4 is 14.2 Å². The molecule has 0 unspecified atom stereocenters. The van der Waals surface area contributed by atoms with Gasteiger partial charge in [0.2, 0.25) is 6.79 Å². The molecule has 3 rings (SSSR count).